The zero-order chi connectivity index (χ0) is 23.0. The Balaban J connectivity index is 1.30. The first-order chi connectivity index (χ1) is 15.9. The minimum atomic E-state index is -2.69. The number of rotatable bonds is 5. The predicted molar refractivity (Wildman–Crippen MR) is 115 cm³/mol. The highest BCUT2D eigenvalue weighted by molar-refractivity contribution is 6.05. The fourth-order valence-corrected chi connectivity index (χ4v) is 3.77. The lowest BCUT2D eigenvalue weighted by atomic mass is 10.1. The van der Waals surface area contributed by atoms with Crippen molar-refractivity contribution >= 4 is 22.8 Å². The zero-order valence-electron chi connectivity index (χ0n) is 17.2. The molecular weight excluding hydrogens is 435 g/mol. The summed E-state index contributed by atoms with van der Waals surface area (Å²) in [5.41, 5.74) is 2.33. The summed E-state index contributed by atoms with van der Waals surface area (Å²) in [6.07, 6.45) is -0.736. The molecular formula is C23H18F3N5O2. The van der Waals surface area contributed by atoms with E-state index in [2.05, 4.69) is 25.7 Å². The van der Waals surface area contributed by atoms with Gasteiger partial charge in [0.2, 0.25) is 5.65 Å². The van der Waals surface area contributed by atoms with E-state index in [9.17, 15) is 18.0 Å². The lowest BCUT2D eigenvalue weighted by molar-refractivity contribution is -0.00106. The smallest absolute Gasteiger partial charge is 0.258 e. The van der Waals surface area contributed by atoms with Crippen LogP contribution in [0, 0.1) is 5.82 Å². The average molecular weight is 453 g/mol. The summed E-state index contributed by atoms with van der Waals surface area (Å²) in [5, 5.41) is 13.0. The minimum Gasteiger partial charge on any atom is -0.490 e. The van der Waals surface area contributed by atoms with Crippen molar-refractivity contribution in [2.45, 2.75) is 31.3 Å². The Hall–Kier alpha value is -3.95. The third-order valence-electron chi connectivity index (χ3n) is 5.46. The van der Waals surface area contributed by atoms with Gasteiger partial charge in [-0.3, -0.25) is 4.79 Å². The molecule has 33 heavy (non-hydrogen) atoms. The number of benzene rings is 2. The van der Waals surface area contributed by atoms with Gasteiger partial charge in [0.1, 0.15) is 23.2 Å². The maximum Gasteiger partial charge on any atom is 0.258 e. The number of pyridine rings is 1. The van der Waals surface area contributed by atoms with Gasteiger partial charge >= 0.3 is 0 Å². The van der Waals surface area contributed by atoms with Crippen LogP contribution in [0.3, 0.4) is 0 Å². The highest BCUT2D eigenvalue weighted by Crippen LogP contribution is 2.37. The van der Waals surface area contributed by atoms with Crippen molar-refractivity contribution in [1.29, 1.82) is 0 Å². The van der Waals surface area contributed by atoms with Crippen molar-refractivity contribution in [2.24, 2.45) is 0 Å². The van der Waals surface area contributed by atoms with Gasteiger partial charge in [0.15, 0.2) is 0 Å². The van der Waals surface area contributed by atoms with Gasteiger partial charge in [-0.1, -0.05) is 0 Å². The van der Waals surface area contributed by atoms with E-state index in [-0.39, 0.29) is 18.4 Å². The Bertz CT molecular complexity index is 1320. The number of carbonyl (C=O) groups is 1. The summed E-state index contributed by atoms with van der Waals surface area (Å²) >= 11 is 0. The van der Waals surface area contributed by atoms with Gasteiger partial charge < -0.3 is 10.1 Å². The summed E-state index contributed by atoms with van der Waals surface area (Å²) in [5.74, 6) is -3.58. The predicted octanol–water partition coefficient (Wildman–Crippen LogP) is 4.98. The summed E-state index contributed by atoms with van der Waals surface area (Å²) in [4.78, 5) is 17.1. The molecule has 2 aromatic heterocycles. The number of alkyl halides is 2. The lowest BCUT2D eigenvalue weighted by Crippen LogP contribution is -2.17. The van der Waals surface area contributed by atoms with E-state index in [1.807, 2.05) is 0 Å². The Kier molecular flexibility index (Phi) is 5.20. The molecule has 1 fully saturated rings. The number of aromatic nitrogens is 4. The normalized spacial score (nSPS) is 17.2. The van der Waals surface area contributed by atoms with Gasteiger partial charge in [-0.25, -0.2) is 18.2 Å². The number of amides is 1. The molecule has 1 atom stereocenters. The first-order valence-corrected chi connectivity index (χ1v) is 10.3. The quantitative estimate of drug-likeness (QED) is 0.445. The lowest BCUT2D eigenvalue weighted by Gasteiger charge is -2.14. The summed E-state index contributed by atoms with van der Waals surface area (Å²) in [6.45, 7) is 0. The van der Waals surface area contributed by atoms with Crippen LogP contribution in [0.1, 0.15) is 29.6 Å². The Morgan fingerprint density at radius 2 is 1.91 bits per heavy atom. The van der Waals surface area contributed by atoms with Crippen LogP contribution in [0.15, 0.2) is 54.6 Å². The molecule has 4 aromatic rings. The molecule has 1 amide bonds. The van der Waals surface area contributed by atoms with E-state index in [0.29, 0.717) is 40.3 Å². The molecule has 2 N–H and O–H groups in total. The fraction of sp³-hybridized carbons (Fsp3) is 0.217. The van der Waals surface area contributed by atoms with Crippen LogP contribution < -0.4 is 10.1 Å². The minimum absolute atomic E-state index is 0.150. The molecule has 7 nitrogen and oxygen atoms in total. The van der Waals surface area contributed by atoms with Crippen LogP contribution in [0.4, 0.5) is 18.9 Å². The standard InChI is InChI=1S/C23H18F3N5O2/c24-18-6-1-13(19-7-8-20-21(28-19)30-31-29-20)11-17(18)22(32)27-14-2-4-15(5-3-14)33-16-9-10-23(25,26)12-16/h1-8,11,16H,9-10,12H2,(H,27,32)(H,28,29,30,31)/t16-/m1/s1. The van der Waals surface area contributed by atoms with Crippen LogP contribution in [-0.4, -0.2) is 38.3 Å². The van der Waals surface area contributed by atoms with Gasteiger partial charge in [-0.2, -0.15) is 10.3 Å². The number of ether oxygens (including phenoxy) is 1. The van der Waals surface area contributed by atoms with E-state index >= 15 is 0 Å². The molecule has 5 rings (SSSR count). The number of nitrogens with zero attached hydrogens (tertiary/aromatic N) is 3. The van der Waals surface area contributed by atoms with Crippen molar-refractivity contribution in [3.05, 3.63) is 66.0 Å². The monoisotopic (exact) mass is 453 g/mol. The molecule has 2 aromatic carbocycles. The Morgan fingerprint density at radius 1 is 1.09 bits per heavy atom. The molecule has 10 heteroatoms. The number of fused-ring (bicyclic) bond motifs is 1. The maximum atomic E-state index is 14.4. The van der Waals surface area contributed by atoms with E-state index in [4.69, 9.17) is 4.74 Å². The first-order valence-electron chi connectivity index (χ1n) is 10.3. The second kappa shape index (κ2) is 8.19. The number of aromatic amines is 1. The van der Waals surface area contributed by atoms with E-state index in [0.717, 1.165) is 0 Å². The molecule has 168 valence electrons. The number of nitrogens with one attached hydrogen (secondary N) is 2. The highest BCUT2D eigenvalue weighted by Gasteiger charge is 2.40. The van der Waals surface area contributed by atoms with Crippen molar-refractivity contribution < 1.29 is 22.7 Å². The fourth-order valence-electron chi connectivity index (χ4n) is 3.77. The second-order valence-corrected chi connectivity index (χ2v) is 7.87. The molecule has 0 saturated heterocycles. The molecule has 1 saturated carbocycles. The van der Waals surface area contributed by atoms with Crippen LogP contribution in [0.25, 0.3) is 22.4 Å². The van der Waals surface area contributed by atoms with E-state index in [1.165, 1.54) is 18.2 Å². The number of H-pyrrole nitrogens is 1. The van der Waals surface area contributed by atoms with Gasteiger partial charge in [0.25, 0.3) is 11.8 Å². The number of anilines is 1. The SMILES string of the molecule is O=C(Nc1ccc(O[C@@H]2CCC(F)(F)C2)cc1)c1cc(-c2ccc3n[nH]nc3n2)ccc1F. The molecule has 0 unspecified atom stereocenters. The number of hydrogen-bond donors (Lipinski definition) is 2. The topological polar surface area (TPSA) is 92.8 Å². The molecule has 1 aliphatic rings. The van der Waals surface area contributed by atoms with Crippen LogP contribution in [0.5, 0.6) is 5.75 Å². The maximum absolute atomic E-state index is 14.4. The van der Waals surface area contributed by atoms with Crippen molar-refractivity contribution in [2.75, 3.05) is 5.32 Å². The number of hydrogen-bond acceptors (Lipinski definition) is 5. The zero-order valence-corrected chi connectivity index (χ0v) is 17.2. The van der Waals surface area contributed by atoms with Crippen LogP contribution in [-0.2, 0) is 0 Å². The second-order valence-electron chi connectivity index (χ2n) is 7.87. The van der Waals surface area contributed by atoms with Crippen molar-refractivity contribution in [1.82, 2.24) is 20.4 Å². The summed E-state index contributed by atoms with van der Waals surface area (Å²) in [6, 6.07) is 13.9. The summed E-state index contributed by atoms with van der Waals surface area (Å²) in [7, 11) is 0. The van der Waals surface area contributed by atoms with Gasteiger partial charge in [0.05, 0.1) is 11.3 Å². The largest absolute Gasteiger partial charge is 0.490 e. The van der Waals surface area contributed by atoms with Crippen molar-refractivity contribution in [3.8, 4) is 17.0 Å². The third-order valence-corrected chi connectivity index (χ3v) is 5.46. The van der Waals surface area contributed by atoms with E-state index in [1.54, 1.807) is 36.4 Å². The third kappa shape index (κ3) is 4.50. The van der Waals surface area contributed by atoms with Gasteiger partial charge in [-0.15, -0.1) is 5.10 Å². The molecule has 1 aliphatic carbocycles. The molecule has 0 spiro atoms. The first kappa shape index (κ1) is 20.9. The number of carbonyl (C=O) groups excluding carboxylic acids is 1. The van der Waals surface area contributed by atoms with Gasteiger partial charge in [-0.05, 0) is 61.0 Å². The summed E-state index contributed by atoms with van der Waals surface area (Å²) < 4.78 is 46.6. The Morgan fingerprint density at radius 3 is 2.67 bits per heavy atom. The molecule has 0 radical (unpaired) electrons. The van der Waals surface area contributed by atoms with Crippen molar-refractivity contribution in [3.63, 3.8) is 0 Å². The average Bonchev–Trinajstić information content (AvgIpc) is 3.40. The highest BCUT2D eigenvalue weighted by atomic mass is 19.3. The van der Waals surface area contributed by atoms with Crippen LogP contribution >= 0.6 is 0 Å². The molecule has 0 aliphatic heterocycles. The van der Waals surface area contributed by atoms with Crippen LogP contribution in [0.2, 0.25) is 0 Å². The number of halogens is 3. The molecule has 2 heterocycles. The Labute approximate surface area is 186 Å². The van der Waals surface area contributed by atoms with Gasteiger partial charge in [0, 0.05) is 24.1 Å². The molecule has 0 bridgehead atoms. The van der Waals surface area contributed by atoms with E-state index < -0.39 is 23.8 Å².